The van der Waals surface area contributed by atoms with Crippen LogP contribution in [-0.2, 0) is 16.1 Å². The Bertz CT molecular complexity index is 458. The van der Waals surface area contributed by atoms with Crippen molar-refractivity contribution in [1.29, 1.82) is 0 Å². The minimum Gasteiger partial charge on any atom is -0.496 e. The number of alkyl carbamates (subject to hydrolysis) is 1. The van der Waals surface area contributed by atoms with Gasteiger partial charge in [-0.25, -0.2) is 4.79 Å². The van der Waals surface area contributed by atoms with Gasteiger partial charge in [-0.05, 0) is 19.1 Å². The molecule has 6 nitrogen and oxygen atoms in total. The molecule has 0 aliphatic carbocycles. The second-order valence-corrected chi connectivity index (χ2v) is 3.96. The SMILES string of the molecule is COc1ccc(C)cc1COC(=O)NCCC(=O)O. The van der Waals surface area contributed by atoms with Gasteiger partial charge in [0.25, 0.3) is 0 Å². The van der Waals surface area contributed by atoms with E-state index in [0.717, 1.165) is 11.1 Å². The number of rotatable bonds is 6. The fourth-order valence-electron chi connectivity index (χ4n) is 1.49. The summed E-state index contributed by atoms with van der Waals surface area (Å²) in [6.45, 7) is 2.04. The molecule has 0 saturated heterocycles. The highest BCUT2D eigenvalue weighted by Crippen LogP contribution is 2.20. The third-order valence-electron chi connectivity index (χ3n) is 2.40. The first-order valence-corrected chi connectivity index (χ1v) is 5.79. The summed E-state index contributed by atoms with van der Waals surface area (Å²) < 4.78 is 10.1. The van der Waals surface area contributed by atoms with Crippen LogP contribution < -0.4 is 10.1 Å². The Hall–Kier alpha value is -2.24. The van der Waals surface area contributed by atoms with Crippen LogP contribution in [0.25, 0.3) is 0 Å². The van der Waals surface area contributed by atoms with E-state index in [4.69, 9.17) is 14.6 Å². The van der Waals surface area contributed by atoms with E-state index in [1.54, 1.807) is 13.2 Å². The maximum absolute atomic E-state index is 11.3. The van der Waals surface area contributed by atoms with Crippen molar-refractivity contribution in [3.63, 3.8) is 0 Å². The number of methoxy groups -OCH3 is 1. The molecule has 0 aromatic heterocycles. The molecule has 0 aliphatic heterocycles. The van der Waals surface area contributed by atoms with E-state index in [1.807, 2.05) is 19.1 Å². The van der Waals surface area contributed by atoms with E-state index in [-0.39, 0.29) is 19.6 Å². The number of carbonyl (C=O) groups is 2. The van der Waals surface area contributed by atoms with E-state index >= 15 is 0 Å². The largest absolute Gasteiger partial charge is 0.496 e. The molecule has 0 bridgehead atoms. The zero-order valence-electron chi connectivity index (χ0n) is 10.9. The molecule has 1 amide bonds. The summed E-state index contributed by atoms with van der Waals surface area (Å²) in [5.41, 5.74) is 1.79. The van der Waals surface area contributed by atoms with Gasteiger partial charge < -0.3 is 19.9 Å². The summed E-state index contributed by atoms with van der Waals surface area (Å²) >= 11 is 0. The number of benzene rings is 1. The number of ether oxygens (including phenoxy) is 2. The standard InChI is InChI=1S/C13H17NO5/c1-9-3-4-11(18-2)10(7-9)8-19-13(17)14-6-5-12(15)16/h3-4,7H,5-6,8H2,1-2H3,(H,14,17)(H,15,16). The van der Waals surface area contributed by atoms with Gasteiger partial charge >= 0.3 is 12.1 Å². The van der Waals surface area contributed by atoms with Gasteiger partial charge in [0.1, 0.15) is 12.4 Å². The molecule has 1 aromatic rings. The molecule has 0 heterocycles. The smallest absolute Gasteiger partial charge is 0.407 e. The molecule has 0 spiro atoms. The van der Waals surface area contributed by atoms with Crippen molar-refractivity contribution in [1.82, 2.24) is 5.32 Å². The monoisotopic (exact) mass is 267 g/mol. The molecule has 0 radical (unpaired) electrons. The lowest BCUT2D eigenvalue weighted by atomic mass is 10.1. The van der Waals surface area contributed by atoms with E-state index in [2.05, 4.69) is 5.32 Å². The fraction of sp³-hybridized carbons (Fsp3) is 0.385. The Morgan fingerprint density at radius 3 is 2.74 bits per heavy atom. The van der Waals surface area contributed by atoms with Crippen molar-refractivity contribution < 1.29 is 24.2 Å². The zero-order valence-corrected chi connectivity index (χ0v) is 10.9. The summed E-state index contributed by atoms with van der Waals surface area (Å²) in [6, 6.07) is 5.56. The van der Waals surface area contributed by atoms with Gasteiger partial charge in [0, 0.05) is 12.1 Å². The van der Waals surface area contributed by atoms with Crippen molar-refractivity contribution in [2.45, 2.75) is 20.0 Å². The fourth-order valence-corrected chi connectivity index (χ4v) is 1.49. The van der Waals surface area contributed by atoms with Crippen molar-refractivity contribution >= 4 is 12.1 Å². The Balaban J connectivity index is 2.45. The topological polar surface area (TPSA) is 84.9 Å². The first kappa shape index (κ1) is 14.8. The summed E-state index contributed by atoms with van der Waals surface area (Å²) in [5.74, 6) is -0.329. The van der Waals surface area contributed by atoms with Gasteiger partial charge in [0.15, 0.2) is 0 Å². The van der Waals surface area contributed by atoms with Gasteiger partial charge in [-0.15, -0.1) is 0 Å². The van der Waals surface area contributed by atoms with Crippen LogP contribution in [-0.4, -0.2) is 30.8 Å². The number of carbonyl (C=O) groups excluding carboxylic acids is 1. The first-order valence-electron chi connectivity index (χ1n) is 5.79. The van der Waals surface area contributed by atoms with Gasteiger partial charge in [0.2, 0.25) is 0 Å². The minimum absolute atomic E-state index is 0.0408. The summed E-state index contributed by atoms with van der Waals surface area (Å²) in [5, 5.41) is 10.8. The van der Waals surface area contributed by atoms with Crippen LogP contribution in [0.4, 0.5) is 4.79 Å². The number of aryl methyl sites for hydroxylation is 1. The molecule has 0 unspecified atom stereocenters. The number of aliphatic carboxylic acids is 1. The number of carboxylic acid groups (broad SMARTS) is 1. The van der Waals surface area contributed by atoms with Crippen molar-refractivity contribution in [2.75, 3.05) is 13.7 Å². The molecule has 0 atom stereocenters. The summed E-state index contributed by atoms with van der Waals surface area (Å²) in [6.07, 6.45) is -0.784. The van der Waals surface area contributed by atoms with Crippen LogP contribution >= 0.6 is 0 Å². The summed E-state index contributed by atoms with van der Waals surface area (Å²) in [7, 11) is 1.54. The van der Waals surface area contributed by atoms with E-state index < -0.39 is 12.1 Å². The maximum atomic E-state index is 11.3. The van der Waals surface area contributed by atoms with Crippen molar-refractivity contribution in [3.8, 4) is 5.75 Å². The average molecular weight is 267 g/mol. The normalized spacial score (nSPS) is 9.79. The second-order valence-electron chi connectivity index (χ2n) is 3.96. The Labute approximate surface area is 111 Å². The van der Waals surface area contributed by atoms with Crippen LogP contribution in [0.3, 0.4) is 0 Å². The molecule has 1 aromatic carbocycles. The van der Waals surface area contributed by atoms with Gasteiger partial charge in [-0.1, -0.05) is 11.6 Å². The average Bonchev–Trinajstić information content (AvgIpc) is 2.36. The zero-order chi connectivity index (χ0) is 14.3. The number of amides is 1. The van der Waals surface area contributed by atoms with Crippen LogP contribution in [0, 0.1) is 6.92 Å². The molecule has 19 heavy (non-hydrogen) atoms. The van der Waals surface area contributed by atoms with Gasteiger partial charge in [0.05, 0.1) is 13.5 Å². The Morgan fingerprint density at radius 1 is 1.37 bits per heavy atom. The molecule has 0 fully saturated rings. The van der Waals surface area contributed by atoms with Crippen LogP contribution in [0.5, 0.6) is 5.75 Å². The van der Waals surface area contributed by atoms with E-state index in [1.165, 1.54) is 0 Å². The number of hydrogen-bond donors (Lipinski definition) is 2. The number of carboxylic acids is 1. The van der Waals surface area contributed by atoms with E-state index in [0.29, 0.717) is 5.75 Å². The lowest BCUT2D eigenvalue weighted by Crippen LogP contribution is -2.26. The van der Waals surface area contributed by atoms with Crippen molar-refractivity contribution in [2.24, 2.45) is 0 Å². The molecular weight excluding hydrogens is 250 g/mol. The highest BCUT2D eigenvalue weighted by atomic mass is 16.5. The minimum atomic E-state index is -0.972. The Morgan fingerprint density at radius 2 is 2.11 bits per heavy atom. The predicted molar refractivity (Wildman–Crippen MR) is 68.2 cm³/mol. The molecule has 0 aliphatic rings. The molecule has 0 saturated carbocycles. The van der Waals surface area contributed by atoms with Crippen molar-refractivity contribution in [3.05, 3.63) is 29.3 Å². The van der Waals surface area contributed by atoms with Gasteiger partial charge in [-0.2, -0.15) is 0 Å². The second kappa shape index (κ2) is 7.25. The quantitative estimate of drug-likeness (QED) is 0.819. The molecule has 104 valence electrons. The third kappa shape index (κ3) is 5.29. The molecular formula is C13H17NO5. The van der Waals surface area contributed by atoms with E-state index in [9.17, 15) is 9.59 Å². The lowest BCUT2D eigenvalue weighted by molar-refractivity contribution is -0.136. The molecule has 1 rings (SSSR count). The van der Waals surface area contributed by atoms with Gasteiger partial charge in [-0.3, -0.25) is 4.79 Å². The first-order chi connectivity index (χ1) is 9.02. The predicted octanol–water partition coefficient (Wildman–Crippen LogP) is 1.70. The third-order valence-corrected chi connectivity index (χ3v) is 2.40. The van der Waals surface area contributed by atoms with Crippen LogP contribution in [0.15, 0.2) is 18.2 Å². The molecule has 2 N–H and O–H groups in total. The van der Waals surface area contributed by atoms with Crippen LogP contribution in [0.2, 0.25) is 0 Å². The van der Waals surface area contributed by atoms with Crippen LogP contribution in [0.1, 0.15) is 17.5 Å². The highest BCUT2D eigenvalue weighted by Gasteiger charge is 2.07. The summed E-state index contributed by atoms with van der Waals surface area (Å²) in [4.78, 5) is 21.6. The number of hydrogen-bond acceptors (Lipinski definition) is 4. The molecule has 6 heteroatoms. The Kier molecular flexibility index (Phi) is 5.66. The number of nitrogens with one attached hydrogen (secondary N) is 1. The lowest BCUT2D eigenvalue weighted by Gasteiger charge is -2.10. The highest BCUT2D eigenvalue weighted by molar-refractivity contribution is 5.70. The maximum Gasteiger partial charge on any atom is 0.407 e.